The van der Waals surface area contributed by atoms with Gasteiger partial charge in [-0.2, -0.15) is 5.10 Å². The Bertz CT molecular complexity index is 1070. The monoisotopic (exact) mass is 432 g/mol. The molecule has 1 N–H and O–H groups in total. The van der Waals surface area contributed by atoms with E-state index in [1.807, 2.05) is 37.3 Å². The molecule has 29 heavy (non-hydrogen) atoms. The Morgan fingerprint density at radius 3 is 2.69 bits per heavy atom. The maximum Gasteiger partial charge on any atom is 0.409 e. The van der Waals surface area contributed by atoms with Gasteiger partial charge in [-0.1, -0.05) is 23.7 Å². The van der Waals surface area contributed by atoms with Gasteiger partial charge in [0.2, 0.25) is 0 Å². The molecular formula is C20H21ClN4O3S. The number of rotatable bonds is 3. The highest BCUT2D eigenvalue weighted by Gasteiger charge is 2.25. The number of piperidine rings is 1. The lowest BCUT2D eigenvalue weighted by Crippen LogP contribution is -2.46. The third kappa shape index (κ3) is 3.82. The van der Waals surface area contributed by atoms with Crippen LogP contribution in [0, 0.1) is 6.92 Å². The van der Waals surface area contributed by atoms with Crippen molar-refractivity contribution in [1.82, 2.24) is 20.0 Å². The second-order valence-corrected chi connectivity index (χ2v) is 8.42. The molecule has 0 aliphatic carbocycles. The van der Waals surface area contributed by atoms with Crippen LogP contribution in [0.4, 0.5) is 4.79 Å². The van der Waals surface area contributed by atoms with E-state index in [0.717, 1.165) is 21.6 Å². The highest BCUT2D eigenvalue weighted by Crippen LogP contribution is 2.32. The van der Waals surface area contributed by atoms with Crippen LogP contribution in [0.15, 0.2) is 30.3 Å². The summed E-state index contributed by atoms with van der Waals surface area (Å²) >= 11 is 7.74. The zero-order valence-electron chi connectivity index (χ0n) is 16.1. The maximum atomic E-state index is 12.8. The number of aryl methyl sites for hydroxylation is 1. The van der Waals surface area contributed by atoms with E-state index in [9.17, 15) is 9.59 Å². The number of thiophene rings is 1. The van der Waals surface area contributed by atoms with E-state index in [2.05, 4.69) is 10.4 Å². The third-order valence-electron chi connectivity index (χ3n) is 5.11. The first-order valence-corrected chi connectivity index (χ1v) is 10.5. The Kier molecular flexibility index (Phi) is 5.47. The van der Waals surface area contributed by atoms with Gasteiger partial charge in [-0.25, -0.2) is 9.48 Å². The van der Waals surface area contributed by atoms with Crippen LogP contribution >= 0.6 is 22.9 Å². The zero-order chi connectivity index (χ0) is 20.5. The number of aromatic nitrogens is 2. The van der Waals surface area contributed by atoms with Gasteiger partial charge in [0.05, 0.1) is 28.4 Å². The van der Waals surface area contributed by atoms with Crippen LogP contribution in [0.25, 0.3) is 15.9 Å². The van der Waals surface area contributed by atoms with Crippen molar-refractivity contribution in [2.75, 3.05) is 20.2 Å². The van der Waals surface area contributed by atoms with Gasteiger partial charge in [0, 0.05) is 24.5 Å². The van der Waals surface area contributed by atoms with Crippen LogP contribution < -0.4 is 5.32 Å². The molecule has 2 amide bonds. The van der Waals surface area contributed by atoms with Gasteiger partial charge in [-0.3, -0.25) is 4.79 Å². The first-order chi connectivity index (χ1) is 14.0. The van der Waals surface area contributed by atoms with E-state index >= 15 is 0 Å². The number of methoxy groups -OCH3 is 1. The number of nitrogens with zero attached hydrogens (tertiary/aromatic N) is 3. The van der Waals surface area contributed by atoms with Gasteiger partial charge in [-0.15, -0.1) is 11.3 Å². The molecule has 7 nitrogen and oxygen atoms in total. The fraction of sp³-hybridized carbons (Fsp3) is 0.350. The number of likely N-dealkylation sites (tertiary alicyclic amines) is 1. The Morgan fingerprint density at radius 2 is 2.00 bits per heavy atom. The number of benzene rings is 1. The van der Waals surface area contributed by atoms with Crippen LogP contribution in [0.1, 0.15) is 28.2 Å². The summed E-state index contributed by atoms with van der Waals surface area (Å²) in [5.41, 5.74) is 1.64. The number of fused-ring (bicyclic) bond motifs is 1. The molecule has 152 valence electrons. The third-order valence-corrected chi connectivity index (χ3v) is 6.54. The highest BCUT2D eigenvalue weighted by atomic mass is 35.5. The first kappa shape index (κ1) is 19.7. The SMILES string of the molecule is COC(=O)N1CCC(NC(=O)c2cc3c(C)nn(-c4ccccc4Cl)c3s2)CC1. The predicted molar refractivity (Wildman–Crippen MR) is 113 cm³/mol. The minimum atomic E-state index is -0.320. The van der Waals surface area contributed by atoms with Crippen molar-refractivity contribution in [1.29, 1.82) is 0 Å². The largest absolute Gasteiger partial charge is 0.453 e. The summed E-state index contributed by atoms with van der Waals surface area (Å²) in [4.78, 5) is 27.6. The number of carbonyl (C=O) groups is 2. The Labute approximate surface area is 177 Å². The lowest BCUT2D eigenvalue weighted by molar-refractivity contribution is 0.0896. The molecule has 1 saturated heterocycles. The van der Waals surface area contributed by atoms with E-state index in [1.165, 1.54) is 18.4 Å². The number of ether oxygens (including phenoxy) is 1. The van der Waals surface area contributed by atoms with Crippen LogP contribution in [-0.4, -0.2) is 52.9 Å². The quantitative estimate of drug-likeness (QED) is 0.678. The predicted octanol–water partition coefficient (Wildman–Crippen LogP) is 4.01. The topological polar surface area (TPSA) is 76.5 Å². The molecule has 4 rings (SSSR count). The van der Waals surface area contributed by atoms with Gasteiger partial charge in [0.25, 0.3) is 5.91 Å². The summed E-state index contributed by atoms with van der Waals surface area (Å²) in [6, 6.07) is 9.43. The fourth-order valence-electron chi connectivity index (χ4n) is 3.54. The van der Waals surface area contributed by atoms with Crippen LogP contribution in [0.5, 0.6) is 0 Å². The molecule has 1 aliphatic heterocycles. The van der Waals surface area contributed by atoms with Crippen molar-refractivity contribution < 1.29 is 14.3 Å². The van der Waals surface area contributed by atoms with Gasteiger partial charge in [-0.05, 0) is 38.0 Å². The summed E-state index contributed by atoms with van der Waals surface area (Å²) in [7, 11) is 1.38. The molecule has 3 heterocycles. The Hall–Kier alpha value is -2.58. The van der Waals surface area contributed by atoms with Crippen LogP contribution in [-0.2, 0) is 4.74 Å². The molecule has 0 spiro atoms. The average molecular weight is 433 g/mol. The zero-order valence-corrected chi connectivity index (χ0v) is 17.7. The second kappa shape index (κ2) is 8.04. The second-order valence-electron chi connectivity index (χ2n) is 6.98. The van der Waals surface area contributed by atoms with Gasteiger partial charge in [0.1, 0.15) is 4.83 Å². The molecule has 0 atom stereocenters. The van der Waals surface area contributed by atoms with Gasteiger partial charge in [0.15, 0.2) is 0 Å². The van der Waals surface area contributed by atoms with E-state index in [1.54, 1.807) is 9.58 Å². The maximum absolute atomic E-state index is 12.8. The van der Waals surface area contributed by atoms with E-state index in [4.69, 9.17) is 16.3 Å². The number of para-hydroxylation sites is 1. The minimum absolute atomic E-state index is 0.0368. The van der Waals surface area contributed by atoms with Crippen molar-refractivity contribution in [2.45, 2.75) is 25.8 Å². The number of halogens is 1. The van der Waals surface area contributed by atoms with Gasteiger partial charge < -0.3 is 15.0 Å². The molecule has 3 aromatic rings. The van der Waals surface area contributed by atoms with Gasteiger partial charge >= 0.3 is 6.09 Å². The molecule has 0 bridgehead atoms. The molecule has 1 aromatic carbocycles. The Morgan fingerprint density at radius 1 is 1.28 bits per heavy atom. The van der Waals surface area contributed by atoms with Crippen LogP contribution in [0.3, 0.4) is 0 Å². The minimum Gasteiger partial charge on any atom is -0.453 e. The molecular weight excluding hydrogens is 412 g/mol. The lowest BCUT2D eigenvalue weighted by Gasteiger charge is -2.31. The van der Waals surface area contributed by atoms with E-state index in [0.29, 0.717) is 35.8 Å². The average Bonchev–Trinajstić information content (AvgIpc) is 3.29. The normalized spacial score (nSPS) is 14.9. The lowest BCUT2D eigenvalue weighted by atomic mass is 10.1. The van der Waals surface area contributed by atoms with Crippen molar-refractivity contribution in [3.8, 4) is 5.69 Å². The number of amides is 2. The molecule has 9 heteroatoms. The summed E-state index contributed by atoms with van der Waals surface area (Å²) in [6.07, 6.45) is 1.09. The van der Waals surface area contributed by atoms with Crippen LogP contribution in [0.2, 0.25) is 5.02 Å². The summed E-state index contributed by atoms with van der Waals surface area (Å²) in [5, 5.41) is 9.23. The number of hydrogen-bond acceptors (Lipinski definition) is 5. The summed E-state index contributed by atoms with van der Waals surface area (Å²) in [5.74, 6) is -0.104. The number of carbonyl (C=O) groups excluding carboxylic acids is 2. The van der Waals surface area contributed by atoms with Crippen molar-refractivity contribution in [3.63, 3.8) is 0 Å². The standard InChI is InChI=1S/C20H21ClN4O3S/c1-12-14-11-17(18(26)22-13-7-9-24(10-8-13)20(27)28-2)29-19(14)25(23-12)16-6-4-3-5-15(16)21/h3-6,11,13H,7-10H2,1-2H3,(H,22,26). The number of nitrogens with one attached hydrogen (secondary N) is 1. The molecule has 0 radical (unpaired) electrons. The molecule has 1 fully saturated rings. The van der Waals surface area contributed by atoms with E-state index in [-0.39, 0.29) is 18.0 Å². The van der Waals surface area contributed by atoms with Crippen molar-refractivity contribution in [2.24, 2.45) is 0 Å². The molecule has 1 aliphatic rings. The van der Waals surface area contributed by atoms with Crippen molar-refractivity contribution in [3.05, 3.63) is 45.9 Å². The fourth-order valence-corrected chi connectivity index (χ4v) is 4.83. The summed E-state index contributed by atoms with van der Waals surface area (Å²) in [6.45, 7) is 3.07. The molecule has 0 unspecified atom stereocenters. The molecule has 2 aromatic heterocycles. The Balaban J connectivity index is 1.52. The highest BCUT2D eigenvalue weighted by molar-refractivity contribution is 7.20. The molecule has 0 saturated carbocycles. The van der Waals surface area contributed by atoms with E-state index < -0.39 is 0 Å². The smallest absolute Gasteiger partial charge is 0.409 e. The summed E-state index contributed by atoms with van der Waals surface area (Å²) < 4.78 is 6.55. The first-order valence-electron chi connectivity index (χ1n) is 9.35. The van der Waals surface area contributed by atoms with Crippen molar-refractivity contribution >= 4 is 45.2 Å². The number of hydrogen-bond donors (Lipinski definition) is 1.